The van der Waals surface area contributed by atoms with Crippen molar-refractivity contribution >= 4 is 38.1 Å². The summed E-state index contributed by atoms with van der Waals surface area (Å²) < 4.78 is 66.2. The first-order valence-electron chi connectivity index (χ1n) is 7.77. The van der Waals surface area contributed by atoms with Crippen molar-refractivity contribution in [2.45, 2.75) is 24.7 Å². The van der Waals surface area contributed by atoms with E-state index in [-0.39, 0.29) is 28.7 Å². The van der Waals surface area contributed by atoms with E-state index in [4.69, 9.17) is 0 Å². The zero-order chi connectivity index (χ0) is 17.8. The molecule has 0 bridgehead atoms. The normalized spacial score (nSPS) is 16.7. The van der Waals surface area contributed by atoms with E-state index in [1.807, 2.05) is 0 Å². The van der Waals surface area contributed by atoms with Gasteiger partial charge in [0.05, 0.1) is 16.3 Å². The molecule has 1 aromatic carbocycles. The molecule has 1 aliphatic rings. The van der Waals surface area contributed by atoms with Gasteiger partial charge in [0.2, 0.25) is 20.0 Å². The number of nitrogens with one attached hydrogen (secondary N) is 2. The van der Waals surface area contributed by atoms with Crippen LogP contribution in [0.3, 0.4) is 0 Å². The fourth-order valence-corrected chi connectivity index (χ4v) is 5.07. The van der Waals surface area contributed by atoms with E-state index in [1.165, 1.54) is 10.4 Å². The molecule has 2 rings (SSSR count). The highest BCUT2D eigenvalue weighted by atomic mass is 35.5. The number of hydrogen-bond acceptors (Lipinski definition) is 5. The van der Waals surface area contributed by atoms with Gasteiger partial charge < -0.3 is 5.32 Å². The van der Waals surface area contributed by atoms with Crippen molar-refractivity contribution in [3.8, 4) is 0 Å². The van der Waals surface area contributed by atoms with Gasteiger partial charge in [-0.15, -0.1) is 12.4 Å². The second kappa shape index (κ2) is 9.13. The number of nitrogens with zero attached hydrogens (tertiary/aromatic N) is 1. The fraction of sp³-hybridized carbons (Fsp3) is 0.571. The number of sulfonamides is 2. The van der Waals surface area contributed by atoms with Crippen LogP contribution in [0.2, 0.25) is 0 Å². The molecule has 1 aromatic rings. The first-order valence-corrected chi connectivity index (χ1v) is 10.9. The molecule has 11 heteroatoms. The van der Waals surface area contributed by atoms with E-state index in [1.54, 1.807) is 6.92 Å². The van der Waals surface area contributed by atoms with Crippen LogP contribution in [0.25, 0.3) is 0 Å². The second-order valence-electron chi connectivity index (χ2n) is 5.57. The highest BCUT2D eigenvalue weighted by molar-refractivity contribution is 7.92. The van der Waals surface area contributed by atoms with Crippen LogP contribution < -0.4 is 10.0 Å². The maximum absolute atomic E-state index is 14.2. The summed E-state index contributed by atoms with van der Waals surface area (Å²) in [5.41, 5.74) is -0.250. The molecule has 0 saturated carbocycles. The predicted octanol–water partition coefficient (Wildman–Crippen LogP) is 1.38. The molecule has 25 heavy (non-hydrogen) atoms. The first-order chi connectivity index (χ1) is 11.3. The number of halogens is 2. The molecule has 0 radical (unpaired) electrons. The zero-order valence-corrected chi connectivity index (χ0v) is 16.3. The van der Waals surface area contributed by atoms with Crippen LogP contribution in [0, 0.1) is 5.82 Å². The second-order valence-corrected chi connectivity index (χ2v) is 9.35. The molecule has 144 valence electrons. The average molecular weight is 416 g/mol. The van der Waals surface area contributed by atoms with Crippen molar-refractivity contribution in [2.75, 3.05) is 36.7 Å². The fourth-order valence-electron chi connectivity index (χ4n) is 2.44. The number of benzene rings is 1. The maximum Gasteiger partial charge on any atom is 0.243 e. The van der Waals surface area contributed by atoms with Crippen LogP contribution in [0.1, 0.15) is 19.8 Å². The average Bonchev–Trinajstić information content (AvgIpc) is 2.78. The van der Waals surface area contributed by atoms with E-state index in [2.05, 4.69) is 10.0 Å². The first kappa shape index (κ1) is 22.1. The molecule has 1 aliphatic heterocycles. The van der Waals surface area contributed by atoms with Crippen LogP contribution in [-0.4, -0.2) is 53.1 Å². The molecule has 7 nitrogen and oxygen atoms in total. The van der Waals surface area contributed by atoms with Gasteiger partial charge in [0.15, 0.2) is 0 Å². The zero-order valence-electron chi connectivity index (χ0n) is 13.9. The third-order valence-electron chi connectivity index (χ3n) is 3.62. The molecule has 0 aromatic heterocycles. The molecular formula is C14H23ClFN3O4S2. The van der Waals surface area contributed by atoms with Gasteiger partial charge >= 0.3 is 0 Å². The Kier molecular flexibility index (Phi) is 8.07. The Hall–Kier alpha value is -0.940. The van der Waals surface area contributed by atoms with Crippen molar-refractivity contribution in [1.82, 2.24) is 9.62 Å². The summed E-state index contributed by atoms with van der Waals surface area (Å²) in [7, 11) is -7.44. The molecule has 0 unspecified atom stereocenters. The van der Waals surface area contributed by atoms with Gasteiger partial charge in [0.25, 0.3) is 0 Å². The molecule has 1 saturated heterocycles. The van der Waals surface area contributed by atoms with Gasteiger partial charge in [-0.05, 0) is 37.6 Å². The lowest BCUT2D eigenvalue weighted by atomic mass is 10.3. The van der Waals surface area contributed by atoms with E-state index >= 15 is 0 Å². The van der Waals surface area contributed by atoms with Gasteiger partial charge in [-0.3, -0.25) is 4.72 Å². The number of anilines is 1. The maximum atomic E-state index is 14.2. The molecule has 1 heterocycles. The molecular weight excluding hydrogens is 393 g/mol. The van der Waals surface area contributed by atoms with Crippen LogP contribution in [-0.2, 0) is 20.0 Å². The Balaban J connectivity index is 0.00000312. The van der Waals surface area contributed by atoms with Crippen molar-refractivity contribution in [3.05, 3.63) is 24.0 Å². The van der Waals surface area contributed by atoms with Crippen LogP contribution in [0.15, 0.2) is 23.1 Å². The van der Waals surface area contributed by atoms with E-state index < -0.39 is 25.9 Å². The minimum absolute atomic E-state index is 0. The quantitative estimate of drug-likeness (QED) is 0.731. The Morgan fingerprint density at radius 2 is 1.92 bits per heavy atom. The largest absolute Gasteiger partial charge is 0.315 e. The summed E-state index contributed by atoms with van der Waals surface area (Å²) in [6, 6.07) is 3.23. The highest BCUT2D eigenvalue weighted by Crippen LogP contribution is 2.23. The minimum atomic E-state index is -3.80. The van der Waals surface area contributed by atoms with E-state index in [9.17, 15) is 21.2 Å². The van der Waals surface area contributed by atoms with E-state index in [0.29, 0.717) is 32.5 Å². The standard InChI is InChI=1S/C14H22FN3O4S2.ClH/c1-2-10-23(19,20)17-14-5-4-12(11-13(14)15)24(21,22)18-8-3-6-16-7-9-18;/h4-5,11,16-17H,2-3,6-10H2,1H3;1H. The summed E-state index contributed by atoms with van der Waals surface area (Å²) in [4.78, 5) is -0.180. The highest BCUT2D eigenvalue weighted by Gasteiger charge is 2.26. The van der Waals surface area contributed by atoms with Crippen LogP contribution in [0.4, 0.5) is 10.1 Å². The smallest absolute Gasteiger partial charge is 0.243 e. The lowest BCUT2D eigenvalue weighted by Gasteiger charge is -2.20. The van der Waals surface area contributed by atoms with Crippen molar-refractivity contribution in [2.24, 2.45) is 0 Å². The number of hydrogen-bond donors (Lipinski definition) is 2. The Morgan fingerprint density at radius 1 is 1.20 bits per heavy atom. The molecule has 2 N–H and O–H groups in total. The van der Waals surface area contributed by atoms with Crippen molar-refractivity contribution < 1.29 is 21.2 Å². The molecule has 1 fully saturated rings. The van der Waals surface area contributed by atoms with Gasteiger partial charge in [0.1, 0.15) is 5.82 Å². The van der Waals surface area contributed by atoms with Gasteiger partial charge in [-0.25, -0.2) is 21.2 Å². The Bertz CT molecular complexity index is 779. The van der Waals surface area contributed by atoms with Gasteiger partial charge in [0, 0.05) is 19.6 Å². The number of rotatable bonds is 6. The SMILES string of the molecule is CCCS(=O)(=O)Nc1ccc(S(=O)(=O)N2CCCNCC2)cc1F.Cl. The van der Waals surface area contributed by atoms with E-state index in [0.717, 1.165) is 18.7 Å². The third-order valence-corrected chi connectivity index (χ3v) is 6.99. The van der Waals surface area contributed by atoms with Gasteiger partial charge in [-0.1, -0.05) is 6.92 Å². The van der Waals surface area contributed by atoms with Crippen molar-refractivity contribution in [3.63, 3.8) is 0 Å². The lowest BCUT2D eigenvalue weighted by molar-refractivity contribution is 0.431. The summed E-state index contributed by atoms with van der Waals surface area (Å²) in [6.45, 7) is 3.65. The molecule has 0 amide bonds. The predicted molar refractivity (Wildman–Crippen MR) is 97.6 cm³/mol. The van der Waals surface area contributed by atoms with Crippen molar-refractivity contribution in [1.29, 1.82) is 0 Å². The molecule has 0 aliphatic carbocycles. The molecule has 0 spiro atoms. The molecule has 0 atom stereocenters. The van der Waals surface area contributed by atoms with Crippen LogP contribution >= 0.6 is 12.4 Å². The summed E-state index contributed by atoms with van der Waals surface area (Å²) in [5.74, 6) is -1.04. The Labute approximate surface area is 154 Å². The lowest BCUT2D eigenvalue weighted by Crippen LogP contribution is -2.34. The summed E-state index contributed by atoms with van der Waals surface area (Å²) >= 11 is 0. The summed E-state index contributed by atoms with van der Waals surface area (Å²) in [6.07, 6.45) is 1.07. The van der Waals surface area contributed by atoms with Gasteiger partial charge in [-0.2, -0.15) is 4.31 Å². The topological polar surface area (TPSA) is 95.6 Å². The van der Waals surface area contributed by atoms with Crippen LogP contribution in [0.5, 0.6) is 0 Å². The monoisotopic (exact) mass is 415 g/mol. The third kappa shape index (κ3) is 5.78. The Morgan fingerprint density at radius 3 is 2.56 bits per heavy atom. The minimum Gasteiger partial charge on any atom is -0.315 e. The summed E-state index contributed by atoms with van der Waals surface area (Å²) in [5, 5.41) is 3.10.